The van der Waals surface area contributed by atoms with Crippen LogP contribution in [0.25, 0.3) is 4.96 Å². The van der Waals surface area contributed by atoms with E-state index in [9.17, 15) is 4.79 Å². The van der Waals surface area contributed by atoms with Crippen molar-refractivity contribution in [2.24, 2.45) is 0 Å². The Balaban J connectivity index is 1.54. The quantitative estimate of drug-likeness (QED) is 0.721. The fraction of sp³-hybridized carbons (Fsp3) is 0.312. The monoisotopic (exact) mass is 344 g/mol. The normalized spacial score (nSPS) is 16.3. The molecule has 0 saturated carbocycles. The molecule has 0 aliphatic carbocycles. The molecule has 3 aromatic rings. The summed E-state index contributed by atoms with van der Waals surface area (Å²) in [6.45, 7) is 2.88. The zero-order valence-electron chi connectivity index (χ0n) is 13.3. The van der Waals surface area contributed by atoms with E-state index < -0.39 is 0 Å². The molecule has 1 aliphatic rings. The van der Waals surface area contributed by atoms with Crippen LogP contribution < -0.4 is 19.9 Å². The molecule has 3 heterocycles. The van der Waals surface area contributed by atoms with Gasteiger partial charge in [-0.1, -0.05) is 23.5 Å². The number of para-hydroxylation sites is 2. The summed E-state index contributed by atoms with van der Waals surface area (Å²) in [6, 6.07) is 9.10. The number of aryl methyl sites for hydroxylation is 1. The number of aromatic nitrogens is 3. The fourth-order valence-corrected chi connectivity index (χ4v) is 3.52. The molecule has 0 amide bonds. The van der Waals surface area contributed by atoms with Crippen LogP contribution in [0.3, 0.4) is 0 Å². The number of nitrogens with zero attached hydrogens (tertiary/aromatic N) is 4. The van der Waals surface area contributed by atoms with Crippen molar-refractivity contribution in [3.05, 3.63) is 46.4 Å². The van der Waals surface area contributed by atoms with Gasteiger partial charge in [-0.15, -0.1) is 5.10 Å². The Morgan fingerprint density at radius 1 is 1.38 bits per heavy atom. The second-order valence-corrected chi connectivity index (χ2v) is 6.63. The van der Waals surface area contributed by atoms with Gasteiger partial charge in [0.2, 0.25) is 10.1 Å². The molecular formula is C16H16N4O3S. The number of hydrogen-bond acceptors (Lipinski definition) is 7. The number of benzene rings is 1. The molecule has 4 rings (SSSR count). The van der Waals surface area contributed by atoms with E-state index >= 15 is 0 Å². The van der Waals surface area contributed by atoms with Gasteiger partial charge in [0.25, 0.3) is 5.56 Å². The third kappa shape index (κ3) is 2.69. The Morgan fingerprint density at radius 3 is 3.00 bits per heavy atom. The van der Waals surface area contributed by atoms with E-state index in [2.05, 4.69) is 10.1 Å². The summed E-state index contributed by atoms with van der Waals surface area (Å²) in [7, 11) is 1.92. The highest BCUT2D eigenvalue weighted by Crippen LogP contribution is 2.31. The van der Waals surface area contributed by atoms with Gasteiger partial charge < -0.3 is 14.4 Å². The molecule has 24 heavy (non-hydrogen) atoms. The molecule has 0 N–H and O–H groups in total. The predicted molar refractivity (Wildman–Crippen MR) is 91.5 cm³/mol. The number of ether oxygens (including phenoxy) is 2. The van der Waals surface area contributed by atoms with E-state index in [1.165, 1.54) is 21.9 Å². The Bertz CT molecular complexity index is 952. The van der Waals surface area contributed by atoms with Crippen LogP contribution in [0.2, 0.25) is 0 Å². The van der Waals surface area contributed by atoms with Gasteiger partial charge in [-0.2, -0.15) is 4.52 Å². The summed E-state index contributed by atoms with van der Waals surface area (Å²) >= 11 is 1.38. The maximum Gasteiger partial charge on any atom is 0.275 e. The van der Waals surface area contributed by atoms with Crippen molar-refractivity contribution in [1.82, 2.24) is 14.6 Å². The molecule has 0 radical (unpaired) electrons. The first-order valence-corrected chi connectivity index (χ1v) is 8.39. The van der Waals surface area contributed by atoms with Crippen molar-refractivity contribution < 1.29 is 9.47 Å². The number of rotatable bonds is 3. The van der Waals surface area contributed by atoms with Gasteiger partial charge in [-0.25, -0.2) is 4.98 Å². The molecule has 0 fully saturated rings. The number of fused-ring (bicyclic) bond motifs is 2. The summed E-state index contributed by atoms with van der Waals surface area (Å²) in [4.78, 5) is 18.9. The van der Waals surface area contributed by atoms with Crippen molar-refractivity contribution in [3.63, 3.8) is 0 Å². The van der Waals surface area contributed by atoms with Crippen LogP contribution in [-0.4, -0.2) is 40.9 Å². The summed E-state index contributed by atoms with van der Waals surface area (Å²) in [5.41, 5.74) is 0.526. The zero-order valence-corrected chi connectivity index (χ0v) is 14.1. The van der Waals surface area contributed by atoms with Crippen molar-refractivity contribution >= 4 is 21.4 Å². The molecule has 124 valence electrons. The lowest BCUT2D eigenvalue weighted by atomic mass is 10.2. The third-order valence-corrected chi connectivity index (χ3v) is 4.76. The molecule has 8 heteroatoms. The minimum absolute atomic E-state index is 0.108. The van der Waals surface area contributed by atoms with Crippen LogP contribution >= 0.6 is 11.3 Å². The minimum atomic E-state index is -0.167. The Kier molecular flexibility index (Phi) is 3.61. The maximum atomic E-state index is 12.0. The second-order valence-electron chi connectivity index (χ2n) is 5.69. The first-order valence-electron chi connectivity index (χ1n) is 7.57. The summed E-state index contributed by atoms with van der Waals surface area (Å²) < 4.78 is 13.0. The first kappa shape index (κ1) is 14.9. The first-order chi connectivity index (χ1) is 11.6. The molecular weight excluding hydrogens is 328 g/mol. The third-order valence-electron chi connectivity index (χ3n) is 3.73. The molecule has 1 aromatic carbocycles. The standard InChI is InChI=1S/C16H16N4O3S/c1-10-7-14(21)20-15(17-10)24-16(18-20)19(2)8-11-9-22-12-5-3-4-6-13(12)23-11/h3-7,11H,8-9H2,1-2H3. The Morgan fingerprint density at radius 2 is 2.17 bits per heavy atom. The average Bonchev–Trinajstić information content (AvgIpc) is 2.99. The van der Waals surface area contributed by atoms with Gasteiger partial charge in [0, 0.05) is 18.8 Å². The second kappa shape index (κ2) is 5.79. The maximum absolute atomic E-state index is 12.0. The van der Waals surface area contributed by atoms with Crippen LogP contribution in [0.15, 0.2) is 35.1 Å². The van der Waals surface area contributed by atoms with Crippen LogP contribution in [0, 0.1) is 6.92 Å². The lowest BCUT2D eigenvalue weighted by molar-refractivity contribution is 0.0960. The van der Waals surface area contributed by atoms with Crippen molar-refractivity contribution in [2.75, 3.05) is 25.1 Å². The van der Waals surface area contributed by atoms with Crippen molar-refractivity contribution in [1.29, 1.82) is 0 Å². The molecule has 1 unspecified atom stereocenters. The zero-order chi connectivity index (χ0) is 16.7. The van der Waals surface area contributed by atoms with Gasteiger partial charge in [-0.05, 0) is 19.1 Å². The van der Waals surface area contributed by atoms with Crippen LogP contribution in [0.1, 0.15) is 5.69 Å². The van der Waals surface area contributed by atoms with Gasteiger partial charge in [0.05, 0.1) is 6.54 Å². The van der Waals surface area contributed by atoms with Crippen LogP contribution in [0.5, 0.6) is 11.5 Å². The minimum Gasteiger partial charge on any atom is -0.486 e. The summed E-state index contributed by atoms with van der Waals surface area (Å²) in [5.74, 6) is 1.52. The smallest absolute Gasteiger partial charge is 0.275 e. The van der Waals surface area contributed by atoms with E-state index in [0.717, 1.165) is 11.5 Å². The number of likely N-dealkylation sites (N-methyl/N-ethyl adjacent to an activating group) is 1. The average molecular weight is 344 g/mol. The highest BCUT2D eigenvalue weighted by atomic mass is 32.1. The molecule has 0 spiro atoms. The molecule has 1 aliphatic heterocycles. The highest BCUT2D eigenvalue weighted by Gasteiger charge is 2.23. The Labute approximate surface area is 142 Å². The lowest BCUT2D eigenvalue weighted by Gasteiger charge is -2.29. The van der Waals surface area contributed by atoms with Crippen LogP contribution in [0.4, 0.5) is 5.13 Å². The number of hydrogen-bond donors (Lipinski definition) is 0. The Hall–Kier alpha value is -2.61. The number of anilines is 1. The lowest BCUT2D eigenvalue weighted by Crippen LogP contribution is -2.39. The summed E-state index contributed by atoms with van der Waals surface area (Å²) in [5, 5.41) is 5.07. The predicted octanol–water partition coefficient (Wildman–Crippen LogP) is 1.74. The fourth-order valence-electron chi connectivity index (χ4n) is 2.60. The largest absolute Gasteiger partial charge is 0.486 e. The SMILES string of the molecule is Cc1cc(=O)n2nc(N(C)CC3COc4ccccc4O3)sc2n1. The van der Waals surface area contributed by atoms with Gasteiger partial charge in [0.15, 0.2) is 17.6 Å². The topological polar surface area (TPSA) is 69.0 Å². The summed E-state index contributed by atoms with van der Waals surface area (Å²) in [6.07, 6.45) is -0.108. The van der Waals surface area contributed by atoms with Crippen molar-refractivity contribution in [2.45, 2.75) is 13.0 Å². The van der Waals surface area contributed by atoms with Gasteiger partial charge in [-0.3, -0.25) is 4.79 Å². The molecule has 0 bridgehead atoms. The van der Waals surface area contributed by atoms with Crippen molar-refractivity contribution in [3.8, 4) is 11.5 Å². The van der Waals surface area contributed by atoms with Crippen LogP contribution in [-0.2, 0) is 0 Å². The van der Waals surface area contributed by atoms with E-state index in [4.69, 9.17) is 9.47 Å². The van der Waals surface area contributed by atoms with Gasteiger partial charge in [0.1, 0.15) is 6.61 Å². The molecule has 7 nitrogen and oxygen atoms in total. The van der Waals surface area contributed by atoms with E-state index in [1.54, 1.807) is 6.92 Å². The molecule has 2 aromatic heterocycles. The molecule has 0 saturated heterocycles. The van der Waals surface area contributed by atoms with E-state index in [0.29, 0.717) is 28.9 Å². The van der Waals surface area contributed by atoms with Gasteiger partial charge >= 0.3 is 0 Å². The van der Waals surface area contributed by atoms with E-state index in [-0.39, 0.29) is 11.7 Å². The van der Waals surface area contributed by atoms with E-state index in [1.807, 2.05) is 36.2 Å². The highest BCUT2D eigenvalue weighted by molar-refractivity contribution is 7.20. The molecule has 1 atom stereocenters.